The van der Waals surface area contributed by atoms with Crippen molar-refractivity contribution in [2.45, 2.75) is 38.3 Å². The van der Waals surface area contributed by atoms with Gasteiger partial charge in [-0.3, -0.25) is 14.9 Å². The highest BCUT2D eigenvalue weighted by Crippen LogP contribution is 2.33. The summed E-state index contributed by atoms with van der Waals surface area (Å²) in [5.74, 6) is -0.180. The van der Waals surface area contributed by atoms with Gasteiger partial charge in [-0.25, -0.2) is 0 Å². The van der Waals surface area contributed by atoms with Crippen molar-refractivity contribution in [2.24, 2.45) is 0 Å². The zero-order valence-corrected chi connectivity index (χ0v) is 12.5. The van der Waals surface area contributed by atoms with Crippen LogP contribution in [0, 0.1) is 17.0 Å². The third kappa shape index (κ3) is 2.41. The minimum Gasteiger partial charge on any atom is -0.393 e. The Morgan fingerprint density at radius 1 is 1.36 bits per heavy atom. The molecule has 2 fully saturated rings. The van der Waals surface area contributed by atoms with Crippen LogP contribution in [0.25, 0.3) is 0 Å². The van der Waals surface area contributed by atoms with Crippen LogP contribution in [-0.2, 0) is 0 Å². The maximum atomic E-state index is 13.0. The van der Waals surface area contributed by atoms with Crippen LogP contribution in [-0.4, -0.2) is 40.9 Å². The van der Waals surface area contributed by atoms with Crippen molar-refractivity contribution in [3.63, 3.8) is 0 Å². The summed E-state index contributed by atoms with van der Waals surface area (Å²) >= 11 is 0. The molecule has 0 radical (unpaired) electrons. The normalized spacial score (nSPS) is 24.1. The topological polar surface area (TPSA) is 102 Å². The summed E-state index contributed by atoms with van der Waals surface area (Å²) in [6, 6.07) is 3.41. The predicted molar refractivity (Wildman–Crippen MR) is 82.7 cm³/mol. The number of carbonyl (C=O) groups is 1. The van der Waals surface area contributed by atoms with Crippen LogP contribution in [0.5, 0.6) is 0 Å². The van der Waals surface area contributed by atoms with E-state index < -0.39 is 4.92 Å². The summed E-state index contributed by atoms with van der Waals surface area (Å²) in [6.45, 7) is 3.41. The fraction of sp³-hybridized carbons (Fsp3) is 0.533. The van der Waals surface area contributed by atoms with Crippen molar-refractivity contribution < 1.29 is 9.72 Å². The van der Waals surface area contributed by atoms with E-state index >= 15 is 0 Å². The zero-order valence-electron chi connectivity index (χ0n) is 12.5. The molecule has 2 bridgehead atoms. The Kier molecular flexibility index (Phi) is 3.74. The molecule has 2 aliphatic heterocycles. The number of nitro benzene ring substituents is 1. The van der Waals surface area contributed by atoms with Gasteiger partial charge in [0.1, 0.15) is 5.69 Å². The van der Waals surface area contributed by atoms with Crippen molar-refractivity contribution in [1.29, 1.82) is 0 Å². The highest BCUT2D eigenvalue weighted by atomic mass is 16.6. The van der Waals surface area contributed by atoms with Crippen LogP contribution in [0.15, 0.2) is 12.1 Å². The second kappa shape index (κ2) is 5.57. The highest BCUT2D eigenvalue weighted by molar-refractivity contribution is 6.01. The fourth-order valence-corrected chi connectivity index (χ4v) is 3.56. The minimum absolute atomic E-state index is 0.0304. The van der Waals surface area contributed by atoms with Gasteiger partial charge in [0.15, 0.2) is 0 Å². The molecule has 0 aromatic heterocycles. The first-order chi connectivity index (χ1) is 10.5. The van der Waals surface area contributed by atoms with Crippen LogP contribution < -0.4 is 11.1 Å². The third-order valence-electron chi connectivity index (χ3n) is 4.62. The number of nitrogen functional groups attached to an aromatic ring is 1. The number of hydrogen-bond donors (Lipinski definition) is 2. The molecule has 2 saturated heterocycles. The summed E-state index contributed by atoms with van der Waals surface area (Å²) in [4.78, 5) is 25.4. The van der Waals surface area contributed by atoms with E-state index in [2.05, 4.69) is 5.32 Å². The minimum atomic E-state index is -0.530. The largest absolute Gasteiger partial charge is 0.393 e. The van der Waals surface area contributed by atoms with Gasteiger partial charge >= 0.3 is 0 Å². The summed E-state index contributed by atoms with van der Waals surface area (Å²) in [5, 5.41) is 14.4. The lowest BCUT2D eigenvalue weighted by Crippen LogP contribution is -2.42. The van der Waals surface area contributed by atoms with Gasteiger partial charge in [-0.2, -0.15) is 0 Å². The van der Waals surface area contributed by atoms with Gasteiger partial charge in [0.25, 0.3) is 11.6 Å². The van der Waals surface area contributed by atoms with Gasteiger partial charge in [0.2, 0.25) is 0 Å². The smallest absolute Gasteiger partial charge is 0.293 e. The number of benzene rings is 1. The van der Waals surface area contributed by atoms with Crippen LogP contribution in [0.4, 0.5) is 11.4 Å². The van der Waals surface area contributed by atoms with E-state index in [1.54, 1.807) is 13.0 Å². The van der Waals surface area contributed by atoms with E-state index in [1.807, 2.05) is 4.90 Å². The quantitative estimate of drug-likeness (QED) is 0.489. The molecule has 2 heterocycles. The van der Waals surface area contributed by atoms with Crippen molar-refractivity contribution in [3.8, 4) is 0 Å². The van der Waals surface area contributed by atoms with Crippen molar-refractivity contribution in [2.75, 3.05) is 18.8 Å². The first-order valence-electron chi connectivity index (χ1n) is 7.57. The van der Waals surface area contributed by atoms with Crippen molar-refractivity contribution >= 4 is 17.3 Å². The predicted octanol–water partition coefficient (Wildman–Crippen LogP) is 1.45. The summed E-state index contributed by atoms with van der Waals surface area (Å²) < 4.78 is 0. The number of anilines is 1. The number of nitro groups is 1. The van der Waals surface area contributed by atoms with Crippen molar-refractivity contribution in [1.82, 2.24) is 10.2 Å². The standard InChI is InChI=1S/C15H20N4O3/c1-9-6-12(14(16)13(7-9)19(21)22)15(20)18-10-2-3-11(18)8-17-5-4-10/h6-7,10-11,17H,2-5,8,16H2,1H3. The van der Waals surface area contributed by atoms with E-state index in [9.17, 15) is 14.9 Å². The number of carbonyl (C=O) groups excluding carboxylic acids is 1. The third-order valence-corrected chi connectivity index (χ3v) is 4.62. The average Bonchev–Trinajstić information content (AvgIpc) is 2.73. The van der Waals surface area contributed by atoms with Gasteiger partial charge in [-0.1, -0.05) is 0 Å². The molecule has 1 aromatic rings. The first-order valence-corrected chi connectivity index (χ1v) is 7.57. The zero-order chi connectivity index (χ0) is 15.9. The molecule has 2 atom stereocenters. The first kappa shape index (κ1) is 14.8. The lowest BCUT2D eigenvalue weighted by Gasteiger charge is -2.28. The second-order valence-corrected chi connectivity index (χ2v) is 6.09. The number of rotatable bonds is 2. The maximum absolute atomic E-state index is 13.0. The van der Waals surface area contributed by atoms with Crippen molar-refractivity contribution in [3.05, 3.63) is 33.4 Å². The molecule has 2 aliphatic rings. The number of aryl methyl sites for hydroxylation is 1. The molecule has 0 aliphatic carbocycles. The fourth-order valence-electron chi connectivity index (χ4n) is 3.56. The lowest BCUT2D eigenvalue weighted by atomic mass is 10.0. The molecular formula is C15H20N4O3. The molecule has 7 nitrogen and oxygen atoms in total. The number of hydrogen-bond acceptors (Lipinski definition) is 5. The molecule has 1 amide bonds. The van der Waals surface area contributed by atoms with E-state index in [0.29, 0.717) is 5.56 Å². The SMILES string of the molecule is Cc1cc(C(=O)N2C3CCNCC2CC3)c(N)c([N+](=O)[O-])c1. The number of fused-ring (bicyclic) bond motifs is 2. The molecule has 3 rings (SSSR count). The molecule has 3 N–H and O–H groups in total. The van der Waals surface area contributed by atoms with Crippen LogP contribution in [0.2, 0.25) is 0 Å². The summed E-state index contributed by atoms with van der Waals surface area (Å²) in [6.07, 6.45) is 2.87. The van der Waals surface area contributed by atoms with Gasteiger partial charge in [-0.15, -0.1) is 0 Å². The molecular weight excluding hydrogens is 284 g/mol. The summed E-state index contributed by atoms with van der Waals surface area (Å²) in [7, 11) is 0. The van der Waals surface area contributed by atoms with Crippen LogP contribution in [0.3, 0.4) is 0 Å². The number of amides is 1. The monoisotopic (exact) mass is 304 g/mol. The Bertz CT molecular complexity index is 617. The molecule has 1 aromatic carbocycles. The Morgan fingerprint density at radius 3 is 2.82 bits per heavy atom. The molecule has 0 spiro atoms. The number of nitrogens with two attached hydrogens (primary N) is 1. The molecule has 0 saturated carbocycles. The number of nitrogens with one attached hydrogen (secondary N) is 1. The van der Waals surface area contributed by atoms with E-state index in [1.165, 1.54) is 6.07 Å². The Balaban J connectivity index is 2.00. The Labute approximate surface area is 128 Å². The van der Waals surface area contributed by atoms with E-state index in [0.717, 1.165) is 32.4 Å². The molecule has 7 heteroatoms. The van der Waals surface area contributed by atoms with E-state index in [-0.39, 0.29) is 34.9 Å². The molecule has 118 valence electrons. The lowest BCUT2D eigenvalue weighted by molar-refractivity contribution is -0.384. The summed E-state index contributed by atoms with van der Waals surface area (Å²) in [5.41, 5.74) is 6.61. The molecule has 22 heavy (non-hydrogen) atoms. The highest BCUT2D eigenvalue weighted by Gasteiger charge is 2.39. The Morgan fingerprint density at radius 2 is 2.09 bits per heavy atom. The van der Waals surface area contributed by atoms with Gasteiger partial charge in [-0.05, 0) is 44.4 Å². The maximum Gasteiger partial charge on any atom is 0.293 e. The van der Waals surface area contributed by atoms with Gasteiger partial charge in [0.05, 0.1) is 10.5 Å². The van der Waals surface area contributed by atoms with Crippen LogP contribution >= 0.6 is 0 Å². The second-order valence-electron chi connectivity index (χ2n) is 6.09. The van der Waals surface area contributed by atoms with Crippen LogP contribution in [0.1, 0.15) is 35.2 Å². The van der Waals surface area contributed by atoms with Gasteiger partial charge in [0, 0.05) is 24.7 Å². The number of nitrogens with zero attached hydrogens (tertiary/aromatic N) is 2. The van der Waals surface area contributed by atoms with E-state index in [4.69, 9.17) is 5.73 Å². The molecule has 2 unspecified atom stereocenters. The average molecular weight is 304 g/mol. The Hall–Kier alpha value is -2.15. The van der Waals surface area contributed by atoms with Gasteiger partial charge < -0.3 is 16.0 Å².